The molecule has 0 saturated carbocycles. The van der Waals surface area contributed by atoms with Crippen LogP contribution < -0.4 is 15.4 Å². The van der Waals surface area contributed by atoms with Crippen molar-refractivity contribution in [2.75, 3.05) is 26.8 Å². The molecule has 5 nitrogen and oxygen atoms in total. The predicted octanol–water partition coefficient (Wildman–Crippen LogP) is 3.66. The molecule has 1 heterocycles. The van der Waals surface area contributed by atoms with Gasteiger partial charge in [0.15, 0.2) is 0 Å². The summed E-state index contributed by atoms with van der Waals surface area (Å²) in [7, 11) is 1.86. The molecule has 2 N–H and O–H groups in total. The number of benzene rings is 2. The van der Waals surface area contributed by atoms with Crippen LogP contribution in [0.25, 0.3) is 0 Å². The lowest BCUT2D eigenvalue weighted by Gasteiger charge is -2.39. The highest BCUT2D eigenvalue weighted by atomic mass is 35.5. The van der Waals surface area contributed by atoms with E-state index in [2.05, 4.69) is 22.8 Å². The molecule has 0 spiro atoms. The molecule has 3 rings (SSSR count). The van der Waals surface area contributed by atoms with Crippen LogP contribution in [-0.2, 0) is 21.7 Å². The van der Waals surface area contributed by atoms with E-state index < -0.39 is 0 Å². The zero-order valence-electron chi connectivity index (χ0n) is 17.1. The van der Waals surface area contributed by atoms with Crippen LogP contribution in [0.4, 0.5) is 0 Å². The first-order chi connectivity index (χ1) is 13.6. The highest BCUT2D eigenvalue weighted by Gasteiger charge is 2.36. The van der Waals surface area contributed by atoms with Gasteiger partial charge in [0, 0.05) is 25.7 Å². The van der Waals surface area contributed by atoms with Gasteiger partial charge in [-0.25, -0.2) is 0 Å². The Morgan fingerprint density at radius 3 is 2.38 bits per heavy atom. The SMILES string of the molecule is CNCC(C)C(=O)NC1(c2ccc(OCc3ccccc3)cc2)CCOCC1.Cl. The van der Waals surface area contributed by atoms with Gasteiger partial charge in [0.1, 0.15) is 12.4 Å². The molecule has 1 amide bonds. The third kappa shape index (κ3) is 6.20. The third-order valence-electron chi connectivity index (χ3n) is 5.32. The normalized spacial score (nSPS) is 16.3. The van der Waals surface area contributed by atoms with Gasteiger partial charge in [-0.05, 0) is 43.1 Å². The molecule has 2 aromatic rings. The molecule has 1 atom stereocenters. The third-order valence-corrected chi connectivity index (χ3v) is 5.32. The molecule has 1 fully saturated rings. The van der Waals surface area contributed by atoms with E-state index in [1.54, 1.807) is 0 Å². The van der Waals surface area contributed by atoms with Gasteiger partial charge in [-0.3, -0.25) is 4.79 Å². The number of amides is 1. The van der Waals surface area contributed by atoms with E-state index in [1.165, 1.54) is 0 Å². The van der Waals surface area contributed by atoms with Crippen molar-refractivity contribution in [2.24, 2.45) is 5.92 Å². The Hall–Kier alpha value is -2.08. The molecule has 1 aliphatic heterocycles. The minimum Gasteiger partial charge on any atom is -0.489 e. The molecular weight excluding hydrogens is 388 g/mol. The number of ether oxygens (including phenoxy) is 2. The van der Waals surface area contributed by atoms with Crippen molar-refractivity contribution in [1.29, 1.82) is 0 Å². The summed E-state index contributed by atoms with van der Waals surface area (Å²) in [6.45, 7) is 4.43. The Morgan fingerprint density at radius 2 is 1.76 bits per heavy atom. The van der Waals surface area contributed by atoms with Crippen molar-refractivity contribution >= 4 is 18.3 Å². The summed E-state index contributed by atoms with van der Waals surface area (Å²) in [6, 6.07) is 18.2. The Morgan fingerprint density at radius 1 is 1.10 bits per heavy atom. The fourth-order valence-corrected chi connectivity index (χ4v) is 3.57. The van der Waals surface area contributed by atoms with E-state index in [4.69, 9.17) is 9.47 Å². The number of halogens is 1. The van der Waals surface area contributed by atoms with E-state index >= 15 is 0 Å². The number of hydrogen-bond donors (Lipinski definition) is 2. The maximum absolute atomic E-state index is 12.7. The Balaban J connectivity index is 0.00000300. The Bertz CT molecular complexity index is 746. The minimum atomic E-state index is -0.380. The van der Waals surface area contributed by atoms with Crippen LogP contribution in [0.3, 0.4) is 0 Å². The molecule has 0 bridgehead atoms. The molecule has 29 heavy (non-hydrogen) atoms. The molecule has 0 radical (unpaired) electrons. The first-order valence-electron chi connectivity index (χ1n) is 9.94. The van der Waals surface area contributed by atoms with E-state index in [9.17, 15) is 4.79 Å². The summed E-state index contributed by atoms with van der Waals surface area (Å²) in [5.41, 5.74) is 1.86. The second kappa shape index (κ2) is 11.2. The van der Waals surface area contributed by atoms with Gasteiger partial charge in [0.25, 0.3) is 0 Å². The van der Waals surface area contributed by atoms with Crippen LogP contribution in [0.15, 0.2) is 54.6 Å². The van der Waals surface area contributed by atoms with Crippen molar-refractivity contribution in [1.82, 2.24) is 10.6 Å². The van der Waals surface area contributed by atoms with Gasteiger partial charge >= 0.3 is 0 Å². The van der Waals surface area contributed by atoms with E-state index in [0.717, 1.165) is 29.7 Å². The van der Waals surface area contributed by atoms with Crippen LogP contribution in [0.2, 0.25) is 0 Å². The second-order valence-corrected chi connectivity index (χ2v) is 7.44. The standard InChI is InChI=1S/C23H30N2O3.ClH/c1-18(16-24-2)22(26)25-23(12-14-27-15-13-23)20-8-10-21(11-9-20)28-17-19-6-4-3-5-7-19;/h3-11,18,24H,12-17H2,1-2H3,(H,25,26);1H. The first kappa shape index (κ1) is 23.2. The van der Waals surface area contributed by atoms with Gasteiger partial charge in [-0.15, -0.1) is 12.4 Å². The topological polar surface area (TPSA) is 59.6 Å². The largest absolute Gasteiger partial charge is 0.489 e. The molecule has 0 aliphatic carbocycles. The molecule has 6 heteroatoms. The number of hydrogen-bond acceptors (Lipinski definition) is 4. The van der Waals surface area contributed by atoms with E-state index in [0.29, 0.717) is 26.4 Å². The van der Waals surface area contributed by atoms with Crippen LogP contribution in [-0.4, -0.2) is 32.7 Å². The Labute approximate surface area is 179 Å². The van der Waals surface area contributed by atoms with Crippen LogP contribution >= 0.6 is 12.4 Å². The van der Waals surface area contributed by atoms with Gasteiger partial charge in [0.05, 0.1) is 5.54 Å². The lowest BCUT2D eigenvalue weighted by atomic mass is 9.82. The summed E-state index contributed by atoms with van der Waals surface area (Å²) in [4.78, 5) is 12.7. The smallest absolute Gasteiger partial charge is 0.224 e. The van der Waals surface area contributed by atoms with Crippen molar-refractivity contribution in [3.8, 4) is 5.75 Å². The highest BCUT2D eigenvalue weighted by Crippen LogP contribution is 2.33. The molecular formula is C23H31ClN2O3. The lowest BCUT2D eigenvalue weighted by molar-refractivity contribution is -0.127. The molecule has 0 aromatic heterocycles. The summed E-state index contributed by atoms with van der Waals surface area (Å²) in [6.07, 6.45) is 1.55. The number of nitrogens with one attached hydrogen (secondary N) is 2. The van der Waals surface area contributed by atoms with Crippen molar-refractivity contribution in [3.63, 3.8) is 0 Å². The average Bonchev–Trinajstić information content (AvgIpc) is 2.74. The number of carbonyl (C=O) groups excluding carboxylic acids is 1. The van der Waals surface area contributed by atoms with Gasteiger partial charge < -0.3 is 20.1 Å². The zero-order valence-corrected chi connectivity index (χ0v) is 18.0. The maximum Gasteiger partial charge on any atom is 0.224 e. The lowest BCUT2D eigenvalue weighted by Crippen LogP contribution is -2.51. The molecule has 1 aliphatic rings. The zero-order chi connectivity index (χ0) is 19.8. The summed E-state index contributed by atoms with van der Waals surface area (Å²) in [5.74, 6) is 0.809. The monoisotopic (exact) mass is 418 g/mol. The number of carbonyl (C=O) groups is 1. The van der Waals surface area contributed by atoms with Crippen LogP contribution in [0.5, 0.6) is 5.75 Å². The summed E-state index contributed by atoms with van der Waals surface area (Å²) in [5, 5.41) is 6.38. The molecule has 2 aromatic carbocycles. The first-order valence-corrected chi connectivity index (χ1v) is 9.94. The van der Waals surface area contributed by atoms with Gasteiger partial charge in [-0.2, -0.15) is 0 Å². The Kier molecular flexibility index (Phi) is 8.96. The number of rotatable bonds is 8. The molecule has 1 saturated heterocycles. The highest BCUT2D eigenvalue weighted by molar-refractivity contribution is 5.85. The maximum atomic E-state index is 12.7. The summed E-state index contributed by atoms with van der Waals surface area (Å²) >= 11 is 0. The summed E-state index contributed by atoms with van der Waals surface area (Å²) < 4.78 is 11.5. The fourth-order valence-electron chi connectivity index (χ4n) is 3.57. The van der Waals surface area contributed by atoms with E-state index in [-0.39, 0.29) is 29.8 Å². The van der Waals surface area contributed by atoms with Crippen LogP contribution in [0.1, 0.15) is 30.9 Å². The van der Waals surface area contributed by atoms with Gasteiger partial charge in [-0.1, -0.05) is 49.4 Å². The fraction of sp³-hybridized carbons (Fsp3) is 0.435. The predicted molar refractivity (Wildman–Crippen MR) is 117 cm³/mol. The average molecular weight is 419 g/mol. The second-order valence-electron chi connectivity index (χ2n) is 7.44. The van der Waals surface area contributed by atoms with Crippen LogP contribution in [0, 0.1) is 5.92 Å². The minimum absolute atomic E-state index is 0. The van der Waals surface area contributed by atoms with Crippen molar-refractivity contribution in [3.05, 3.63) is 65.7 Å². The van der Waals surface area contributed by atoms with Gasteiger partial charge in [0.2, 0.25) is 5.91 Å². The molecule has 1 unspecified atom stereocenters. The molecule has 158 valence electrons. The quantitative estimate of drug-likeness (QED) is 0.686. The van der Waals surface area contributed by atoms with Crippen molar-refractivity contribution < 1.29 is 14.3 Å². The van der Waals surface area contributed by atoms with Crippen molar-refractivity contribution in [2.45, 2.75) is 31.9 Å². The van der Waals surface area contributed by atoms with E-state index in [1.807, 2.05) is 56.4 Å².